The van der Waals surface area contributed by atoms with Gasteiger partial charge in [-0.3, -0.25) is 0 Å². The molecule has 0 amide bonds. The van der Waals surface area contributed by atoms with E-state index in [1.165, 1.54) is 0 Å². The third-order valence-electron chi connectivity index (χ3n) is 7.63. The van der Waals surface area contributed by atoms with Gasteiger partial charge in [-0.1, -0.05) is 0 Å². The van der Waals surface area contributed by atoms with Crippen LogP contribution < -0.4 is 21.2 Å². The van der Waals surface area contributed by atoms with Crippen LogP contribution in [0.25, 0.3) is 0 Å². The number of aliphatic carboxylic acids is 1. The first kappa shape index (κ1) is 26.3. The Morgan fingerprint density at radius 1 is 0.658 bits per heavy atom. The Morgan fingerprint density at radius 3 is 1.37 bits per heavy atom. The maximum absolute atomic E-state index is 14.5. The van der Waals surface area contributed by atoms with E-state index >= 15 is 0 Å². The fraction of sp³-hybridized carbons (Fsp3) is 0.194. The standard InChI is InChI=1S/C31H31O5PS/c32-31(33)25-14-13-23-30(24-25)38(34,35)36-37(26-15-5-1-6-16-26,27-17-7-2-8-18-27,28-19-9-3-10-20-28)29-21-11-4-12-22-29/h1-12,15-22,25,30H,13-14,23-24H2,(H,32,33). The van der Waals surface area contributed by atoms with E-state index in [4.69, 9.17) is 3.97 Å². The molecule has 0 saturated heterocycles. The van der Waals surface area contributed by atoms with Crippen LogP contribution in [0.4, 0.5) is 0 Å². The summed E-state index contributed by atoms with van der Waals surface area (Å²) in [6.45, 7) is -4.39. The fourth-order valence-corrected chi connectivity index (χ4v) is 15.0. The summed E-state index contributed by atoms with van der Waals surface area (Å²) < 4.78 is 35.9. The van der Waals surface area contributed by atoms with Crippen molar-refractivity contribution in [2.45, 2.75) is 30.9 Å². The van der Waals surface area contributed by atoms with Crippen LogP contribution in [0.2, 0.25) is 0 Å². The normalized spacial score (nSPS) is 19.2. The Bertz CT molecular complexity index is 1320. The minimum atomic E-state index is -4.39. The number of hydrogen-bond acceptors (Lipinski definition) is 4. The average Bonchev–Trinajstić information content (AvgIpc) is 2.98. The van der Waals surface area contributed by atoms with Gasteiger partial charge in [0.25, 0.3) is 0 Å². The molecular formula is C31H31O5PS. The molecule has 2 atom stereocenters. The van der Waals surface area contributed by atoms with E-state index < -0.39 is 34.1 Å². The SMILES string of the molecule is O=C(O)C1CCCC(S(=O)(=O)OP(c2ccccc2)(c2ccccc2)(c2ccccc2)c2ccccc2)C1. The molecule has 1 aliphatic carbocycles. The molecule has 1 N–H and O–H groups in total. The van der Waals surface area contributed by atoms with E-state index in [1.54, 1.807) is 0 Å². The van der Waals surface area contributed by atoms with Crippen molar-refractivity contribution < 1.29 is 22.3 Å². The van der Waals surface area contributed by atoms with Crippen LogP contribution in [-0.2, 0) is 18.9 Å². The molecule has 5 nitrogen and oxygen atoms in total. The summed E-state index contributed by atoms with van der Waals surface area (Å²) in [7, 11) is -4.26. The number of carboxylic acids is 1. The van der Waals surface area contributed by atoms with Gasteiger partial charge in [-0.05, 0) is 0 Å². The third kappa shape index (κ3) is 4.27. The van der Waals surface area contributed by atoms with Crippen molar-refractivity contribution >= 4 is 44.1 Å². The van der Waals surface area contributed by atoms with Crippen LogP contribution in [0, 0.1) is 5.92 Å². The van der Waals surface area contributed by atoms with E-state index in [9.17, 15) is 18.3 Å². The number of hydrogen-bond donors (Lipinski definition) is 1. The van der Waals surface area contributed by atoms with Gasteiger partial charge >= 0.3 is 225 Å². The van der Waals surface area contributed by atoms with E-state index in [-0.39, 0.29) is 6.42 Å². The molecule has 5 rings (SSSR count). The van der Waals surface area contributed by atoms with Gasteiger partial charge in [-0.15, -0.1) is 0 Å². The Labute approximate surface area is 224 Å². The van der Waals surface area contributed by atoms with Gasteiger partial charge in [-0.2, -0.15) is 0 Å². The average molecular weight is 547 g/mol. The van der Waals surface area contributed by atoms with Crippen LogP contribution in [0.3, 0.4) is 0 Å². The van der Waals surface area contributed by atoms with E-state index in [0.717, 1.165) is 21.2 Å². The number of benzene rings is 4. The van der Waals surface area contributed by atoms with Crippen LogP contribution >= 0.6 is 6.83 Å². The molecule has 1 aliphatic rings. The predicted octanol–water partition coefficient (Wildman–Crippen LogP) is 4.75. The van der Waals surface area contributed by atoms with Crippen LogP contribution in [0.5, 0.6) is 0 Å². The van der Waals surface area contributed by atoms with Crippen molar-refractivity contribution in [3.63, 3.8) is 0 Å². The fourth-order valence-electron chi connectivity index (χ4n) is 5.82. The van der Waals surface area contributed by atoms with E-state index in [2.05, 4.69) is 0 Å². The molecule has 0 radical (unpaired) electrons. The molecule has 1 saturated carbocycles. The summed E-state index contributed by atoms with van der Waals surface area (Å²) in [6.07, 6.45) is 1.40. The van der Waals surface area contributed by atoms with Crippen molar-refractivity contribution in [3.8, 4) is 0 Å². The predicted molar refractivity (Wildman–Crippen MR) is 155 cm³/mol. The van der Waals surface area contributed by atoms with Gasteiger partial charge in [0.05, 0.1) is 0 Å². The first-order valence-corrected chi connectivity index (χ1v) is 16.4. The van der Waals surface area contributed by atoms with E-state index in [0.29, 0.717) is 19.3 Å². The van der Waals surface area contributed by atoms with Crippen LogP contribution in [0.1, 0.15) is 25.7 Å². The third-order valence-corrected chi connectivity index (χ3v) is 16.0. The molecule has 0 aliphatic heterocycles. The van der Waals surface area contributed by atoms with Crippen LogP contribution in [0.15, 0.2) is 121 Å². The summed E-state index contributed by atoms with van der Waals surface area (Å²) >= 11 is 0. The zero-order valence-electron chi connectivity index (χ0n) is 21.0. The van der Waals surface area contributed by atoms with Gasteiger partial charge in [0.1, 0.15) is 0 Å². The van der Waals surface area contributed by atoms with Gasteiger partial charge < -0.3 is 0 Å². The van der Waals surface area contributed by atoms with Crippen molar-refractivity contribution in [2.24, 2.45) is 5.92 Å². The van der Waals surface area contributed by atoms with Crippen LogP contribution in [-0.4, -0.2) is 24.7 Å². The maximum atomic E-state index is 14.5. The summed E-state index contributed by atoms with van der Waals surface area (Å²) in [4.78, 5) is 11.8. The molecule has 38 heavy (non-hydrogen) atoms. The zero-order chi connectivity index (χ0) is 26.7. The van der Waals surface area contributed by atoms with Gasteiger partial charge in [-0.25, -0.2) is 0 Å². The molecular weight excluding hydrogens is 515 g/mol. The Balaban J connectivity index is 1.89. The quantitative estimate of drug-likeness (QED) is 0.323. The molecule has 196 valence electrons. The van der Waals surface area contributed by atoms with Crippen molar-refractivity contribution in [1.29, 1.82) is 0 Å². The second kappa shape index (κ2) is 10.5. The summed E-state index contributed by atoms with van der Waals surface area (Å²) in [5.41, 5.74) is 0. The second-order valence-corrected chi connectivity index (χ2v) is 16.2. The topological polar surface area (TPSA) is 80.7 Å². The molecule has 4 aromatic rings. The molecule has 2 unspecified atom stereocenters. The Morgan fingerprint density at radius 2 is 1.03 bits per heavy atom. The Kier molecular flexibility index (Phi) is 7.23. The first-order chi connectivity index (χ1) is 18.4. The zero-order valence-corrected chi connectivity index (χ0v) is 22.7. The van der Waals surface area contributed by atoms with Gasteiger partial charge in [0, 0.05) is 0 Å². The summed E-state index contributed by atoms with van der Waals surface area (Å²) in [6, 6.07) is 38.4. The minimum absolute atomic E-state index is 0.0390. The number of rotatable bonds is 8. The van der Waals surface area contributed by atoms with Crippen molar-refractivity contribution in [1.82, 2.24) is 0 Å². The molecule has 0 bridgehead atoms. The Hall–Kier alpha value is -3.31. The molecule has 0 spiro atoms. The van der Waals surface area contributed by atoms with E-state index in [1.807, 2.05) is 121 Å². The van der Waals surface area contributed by atoms with Gasteiger partial charge in [0.2, 0.25) is 0 Å². The number of carboxylic acid groups (broad SMARTS) is 1. The summed E-state index contributed by atoms with van der Waals surface area (Å²) in [5, 5.41) is 11.8. The molecule has 4 aromatic carbocycles. The molecule has 0 aromatic heterocycles. The van der Waals surface area contributed by atoms with Gasteiger partial charge in [0.15, 0.2) is 0 Å². The number of carbonyl (C=O) groups is 1. The molecule has 7 heteroatoms. The molecule has 0 heterocycles. The van der Waals surface area contributed by atoms with Crippen molar-refractivity contribution in [3.05, 3.63) is 121 Å². The molecule has 1 fully saturated rings. The summed E-state index contributed by atoms with van der Waals surface area (Å²) in [5.74, 6) is -1.67. The second-order valence-electron chi connectivity index (χ2n) is 9.77. The first-order valence-electron chi connectivity index (χ1n) is 12.8. The van der Waals surface area contributed by atoms with Crippen molar-refractivity contribution in [2.75, 3.05) is 0 Å². The monoisotopic (exact) mass is 546 g/mol.